The highest BCUT2D eigenvalue weighted by molar-refractivity contribution is 5.92. The third-order valence-electron chi connectivity index (χ3n) is 5.47. The van der Waals surface area contributed by atoms with E-state index >= 15 is 0 Å². The summed E-state index contributed by atoms with van der Waals surface area (Å²) in [7, 11) is 0. The van der Waals surface area contributed by atoms with E-state index in [0.29, 0.717) is 38.5 Å². The summed E-state index contributed by atoms with van der Waals surface area (Å²) in [4.78, 5) is 29.3. The van der Waals surface area contributed by atoms with Crippen molar-refractivity contribution in [3.63, 3.8) is 0 Å². The number of para-hydroxylation sites is 2. The predicted octanol–water partition coefficient (Wildman–Crippen LogP) is 2.52. The normalized spacial score (nSPS) is 14.4. The van der Waals surface area contributed by atoms with Crippen LogP contribution < -0.4 is 10.2 Å². The number of carbonyl (C=O) groups is 1. The van der Waals surface area contributed by atoms with Crippen molar-refractivity contribution in [3.05, 3.63) is 88.1 Å². The van der Waals surface area contributed by atoms with Crippen molar-refractivity contribution in [2.45, 2.75) is 6.92 Å². The molecular formula is C24H25FN4O3. The Morgan fingerprint density at radius 3 is 2.44 bits per heavy atom. The van der Waals surface area contributed by atoms with Crippen molar-refractivity contribution in [3.8, 4) is 11.4 Å². The first kappa shape index (κ1) is 21.7. The monoisotopic (exact) mass is 436 g/mol. The fraction of sp³-hybridized carbons (Fsp3) is 0.292. The topological polar surface area (TPSA) is 67.7 Å². The summed E-state index contributed by atoms with van der Waals surface area (Å²) in [5.41, 5.74) is 0.000615. The zero-order chi connectivity index (χ0) is 22.5. The van der Waals surface area contributed by atoms with Crippen LogP contribution in [0.3, 0.4) is 0 Å². The van der Waals surface area contributed by atoms with E-state index in [1.165, 1.54) is 16.8 Å². The molecular weight excluding hydrogens is 411 g/mol. The summed E-state index contributed by atoms with van der Waals surface area (Å²) in [5, 5.41) is 4.22. The number of rotatable bonds is 6. The van der Waals surface area contributed by atoms with E-state index in [9.17, 15) is 14.0 Å². The Labute approximate surface area is 185 Å². The first-order valence-electron chi connectivity index (χ1n) is 10.6. The lowest BCUT2D eigenvalue weighted by atomic mass is 10.2. The smallest absolute Gasteiger partial charge is 0.278 e. The van der Waals surface area contributed by atoms with E-state index < -0.39 is 17.2 Å². The van der Waals surface area contributed by atoms with Crippen molar-refractivity contribution >= 4 is 5.91 Å². The highest BCUT2D eigenvalue weighted by Gasteiger charge is 2.26. The zero-order valence-corrected chi connectivity index (χ0v) is 17.9. The molecule has 3 aromatic rings. The maximum Gasteiger partial charge on any atom is 0.278 e. The van der Waals surface area contributed by atoms with Crippen molar-refractivity contribution in [1.82, 2.24) is 19.6 Å². The van der Waals surface area contributed by atoms with Gasteiger partial charge in [0.2, 0.25) is 5.43 Å². The van der Waals surface area contributed by atoms with E-state index in [4.69, 9.17) is 4.74 Å². The Hall–Kier alpha value is -3.52. The standard InChI is InChI=1S/C24H25FN4O3/c1-18-17-22(30)23(26-29(18)21-10-6-5-9-20(21)25)24(31)28-13-11-27(12-14-28)15-16-32-19-7-3-2-4-8-19/h2-10,17H,11-16H2,1H3. The van der Waals surface area contributed by atoms with Gasteiger partial charge in [-0.25, -0.2) is 9.07 Å². The number of aromatic nitrogens is 2. The highest BCUT2D eigenvalue weighted by atomic mass is 19.1. The van der Waals surface area contributed by atoms with Gasteiger partial charge in [0, 0.05) is 44.5 Å². The molecule has 0 saturated carbocycles. The van der Waals surface area contributed by atoms with Crippen LogP contribution in [0.4, 0.5) is 4.39 Å². The van der Waals surface area contributed by atoms with Crippen LogP contribution in [-0.2, 0) is 0 Å². The Kier molecular flexibility index (Phi) is 6.61. The van der Waals surface area contributed by atoms with Gasteiger partial charge in [0.15, 0.2) is 5.69 Å². The summed E-state index contributed by atoms with van der Waals surface area (Å²) >= 11 is 0. The predicted molar refractivity (Wildman–Crippen MR) is 119 cm³/mol. The third-order valence-corrected chi connectivity index (χ3v) is 5.47. The first-order chi connectivity index (χ1) is 15.5. The number of hydrogen-bond acceptors (Lipinski definition) is 5. The molecule has 7 nitrogen and oxygen atoms in total. The molecule has 4 rings (SSSR count). The van der Waals surface area contributed by atoms with Gasteiger partial charge in [-0.2, -0.15) is 5.10 Å². The molecule has 166 valence electrons. The number of ether oxygens (including phenoxy) is 1. The number of carbonyl (C=O) groups excluding carboxylic acids is 1. The Morgan fingerprint density at radius 2 is 1.72 bits per heavy atom. The summed E-state index contributed by atoms with van der Waals surface area (Å²) in [6.45, 7) is 5.29. The molecule has 0 N–H and O–H groups in total. The second-order valence-electron chi connectivity index (χ2n) is 7.66. The third kappa shape index (κ3) is 4.86. The van der Waals surface area contributed by atoms with Crippen molar-refractivity contribution in [1.29, 1.82) is 0 Å². The lowest BCUT2D eigenvalue weighted by Crippen LogP contribution is -2.50. The van der Waals surface area contributed by atoms with E-state index in [1.807, 2.05) is 30.3 Å². The van der Waals surface area contributed by atoms with Gasteiger partial charge in [-0.15, -0.1) is 0 Å². The number of amides is 1. The number of hydrogen-bond donors (Lipinski definition) is 0. The van der Waals surface area contributed by atoms with Gasteiger partial charge in [-0.3, -0.25) is 14.5 Å². The van der Waals surface area contributed by atoms with Crippen molar-refractivity contribution < 1.29 is 13.9 Å². The largest absolute Gasteiger partial charge is 0.492 e. The zero-order valence-electron chi connectivity index (χ0n) is 17.9. The molecule has 0 spiro atoms. The van der Waals surface area contributed by atoms with Crippen molar-refractivity contribution in [2.75, 3.05) is 39.3 Å². The van der Waals surface area contributed by atoms with E-state index in [2.05, 4.69) is 10.00 Å². The van der Waals surface area contributed by atoms with Crippen LogP contribution in [0.15, 0.2) is 65.5 Å². The van der Waals surface area contributed by atoms with Gasteiger partial charge in [-0.1, -0.05) is 30.3 Å². The van der Waals surface area contributed by atoms with Gasteiger partial charge in [0.25, 0.3) is 5.91 Å². The molecule has 1 saturated heterocycles. The molecule has 1 aliphatic heterocycles. The van der Waals surface area contributed by atoms with Crippen LogP contribution >= 0.6 is 0 Å². The number of piperazine rings is 1. The minimum atomic E-state index is -0.475. The fourth-order valence-corrected chi connectivity index (χ4v) is 3.70. The summed E-state index contributed by atoms with van der Waals surface area (Å²) in [5.74, 6) is -0.0744. The average Bonchev–Trinajstić information content (AvgIpc) is 2.81. The molecule has 0 unspecified atom stereocenters. The molecule has 8 heteroatoms. The quantitative estimate of drug-likeness (QED) is 0.594. The lowest BCUT2D eigenvalue weighted by molar-refractivity contribution is 0.0611. The van der Waals surface area contributed by atoms with Gasteiger partial charge >= 0.3 is 0 Å². The molecule has 1 aromatic heterocycles. The minimum absolute atomic E-state index is 0.195. The average molecular weight is 436 g/mol. The molecule has 0 atom stereocenters. The van der Waals surface area contributed by atoms with Gasteiger partial charge < -0.3 is 9.64 Å². The summed E-state index contributed by atoms with van der Waals surface area (Å²) in [6, 6.07) is 17.1. The van der Waals surface area contributed by atoms with Gasteiger partial charge in [0.05, 0.1) is 0 Å². The summed E-state index contributed by atoms with van der Waals surface area (Å²) < 4.78 is 21.3. The molecule has 0 radical (unpaired) electrons. The van der Waals surface area contributed by atoms with E-state index in [-0.39, 0.29) is 11.4 Å². The van der Waals surface area contributed by atoms with Crippen LogP contribution in [0.1, 0.15) is 16.2 Å². The van der Waals surface area contributed by atoms with Gasteiger partial charge in [-0.05, 0) is 31.2 Å². The molecule has 1 fully saturated rings. The van der Waals surface area contributed by atoms with Crippen LogP contribution in [0.2, 0.25) is 0 Å². The van der Waals surface area contributed by atoms with Crippen LogP contribution in [0.25, 0.3) is 5.69 Å². The Morgan fingerprint density at radius 1 is 1.03 bits per heavy atom. The Balaban J connectivity index is 1.39. The summed E-state index contributed by atoms with van der Waals surface area (Å²) in [6.07, 6.45) is 0. The van der Waals surface area contributed by atoms with Gasteiger partial charge in [0.1, 0.15) is 23.9 Å². The number of benzene rings is 2. The van der Waals surface area contributed by atoms with Crippen LogP contribution in [0, 0.1) is 12.7 Å². The van der Waals surface area contributed by atoms with Crippen LogP contribution in [0.5, 0.6) is 5.75 Å². The molecule has 0 aliphatic carbocycles. The Bertz CT molecular complexity index is 1140. The van der Waals surface area contributed by atoms with E-state index in [0.717, 1.165) is 12.3 Å². The number of nitrogens with zero attached hydrogens (tertiary/aromatic N) is 4. The SMILES string of the molecule is Cc1cc(=O)c(C(=O)N2CCN(CCOc3ccccc3)CC2)nn1-c1ccccc1F. The van der Waals surface area contributed by atoms with Crippen molar-refractivity contribution in [2.24, 2.45) is 0 Å². The molecule has 1 aliphatic rings. The number of halogens is 1. The minimum Gasteiger partial charge on any atom is -0.492 e. The number of aryl methyl sites for hydroxylation is 1. The molecule has 2 aromatic carbocycles. The fourth-order valence-electron chi connectivity index (χ4n) is 3.70. The maximum absolute atomic E-state index is 14.2. The molecule has 2 heterocycles. The van der Waals surface area contributed by atoms with Crippen LogP contribution in [-0.4, -0.2) is 64.8 Å². The first-order valence-corrected chi connectivity index (χ1v) is 10.6. The second kappa shape index (κ2) is 9.74. The molecule has 0 bridgehead atoms. The lowest BCUT2D eigenvalue weighted by Gasteiger charge is -2.34. The molecule has 32 heavy (non-hydrogen) atoms. The highest BCUT2D eigenvalue weighted by Crippen LogP contribution is 2.14. The van der Waals surface area contributed by atoms with E-state index in [1.54, 1.807) is 30.0 Å². The second-order valence-corrected chi connectivity index (χ2v) is 7.66. The maximum atomic E-state index is 14.2. The molecule has 1 amide bonds.